The fraction of sp³-hybridized carbons (Fsp3) is 0.278. The molecule has 14 aromatic carbocycles. The normalized spacial score (nSPS) is 18.2. The van der Waals surface area contributed by atoms with Gasteiger partial charge in [-0.25, -0.2) is 4.79 Å². The number of Topliss-reactive ketones (excluding diaryl/α,β-unsaturated/α-hetero) is 1. The number of hydrogen-bond acceptors (Lipinski definition) is 12. The largest absolute Gasteiger partial charge is 0.494 e. The number of esters is 1. The second-order valence-electron chi connectivity index (χ2n) is 29.5. The first-order valence-corrected chi connectivity index (χ1v) is 38.6. The van der Waals surface area contributed by atoms with Crippen LogP contribution in [0, 0.1) is 0 Å². The lowest BCUT2D eigenvalue weighted by atomic mass is 9.68. The predicted molar refractivity (Wildman–Crippen MR) is 437 cm³/mol. The molecule has 0 spiro atoms. The van der Waals surface area contributed by atoms with E-state index in [-0.39, 0.29) is 30.1 Å². The van der Waals surface area contributed by atoms with E-state index in [1.54, 1.807) is 38.3 Å². The number of benzene rings is 14. The van der Waals surface area contributed by atoms with Crippen LogP contribution < -0.4 is 9.47 Å². The highest BCUT2D eigenvalue weighted by atomic mass is 16.8. The Kier molecular flexibility index (Phi) is 22.0. The van der Waals surface area contributed by atoms with Crippen LogP contribution >= 0.6 is 0 Å². The number of rotatable bonds is 22. The zero-order chi connectivity index (χ0) is 75.2. The highest BCUT2D eigenvalue weighted by Crippen LogP contribution is 2.56. The zero-order valence-corrected chi connectivity index (χ0v) is 62.8. The van der Waals surface area contributed by atoms with E-state index in [9.17, 15) is 9.59 Å². The van der Waals surface area contributed by atoms with E-state index in [1.807, 2.05) is 86.6 Å². The van der Waals surface area contributed by atoms with Crippen molar-refractivity contribution in [2.45, 2.75) is 140 Å². The third kappa shape index (κ3) is 14.8. The minimum absolute atomic E-state index is 0.0921. The Morgan fingerprint density at radius 3 is 1.03 bits per heavy atom. The molecule has 14 aromatic rings. The number of carbonyl (C=O) groups is 2. The van der Waals surface area contributed by atoms with E-state index in [2.05, 4.69) is 184 Å². The summed E-state index contributed by atoms with van der Waals surface area (Å²) >= 11 is 0. The third-order valence-electron chi connectivity index (χ3n) is 22.0. The first-order valence-electron chi connectivity index (χ1n) is 38.6. The Labute approximate surface area is 637 Å². The average molecular weight is 1450 g/mol. The number of aliphatic hydroxyl groups is 2. The monoisotopic (exact) mass is 1450 g/mol. The van der Waals surface area contributed by atoms with Crippen LogP contribution in [0.2, 0.25) is 0 Å². The van der Waals surface area contributed by atoms with Gasteiger partial charge in [0.15, 0.2) is 17.7 Å². The van der Waals surface area contributed by atoms with E-state index in [1.165, 1.54) is 38.5 Å². The molecule has 3 aliphatic rings. The van der Waals surface area contributed by atoms with Crippen molar-refractivity contribution in [2.75, 3.05) is 33.5 Å². The van der Waals surface area contributed by atoms with Gasteiger partial charge in [0.2, 0.25) is 0 Å². The van der Waals surface area contributed by atoms with Crippen LogP contribution in [0.25, 0.3) is 86.2 Å². The first-order chi connectivity index (χ1) is 53.2. The van der Waals surface area contributed by atoms with Gasteiger partial charge in [0.05, 0.1) is 32.0 Å². The molecule has 0 unspecified atom stereocenters. The standard InChI is InChI=1S/C63H46O4.C20H28O6.C14H20O2/c1-61(2)66-59(62(64,55-35-39-19-3-7-23-43(39)47-27-11-15-31-51(47)55)56-36-40-20-4-8-24-44(40)48-28-12-16-32-52(48)56)60(67-61)63(65,57-37-41-21-5-9-25-45(41)49-29-13-17-33-53(49)57)58-38-42-22-6-10-26-46(42)50-30-14-18-34-54(50)58;1-3-4-5-6-11-23-15-9-7-14(8-10-15)20(21)26-17-13-25-18-16(22-2)12-24-19(17)18;1-3-4-5-6-11-16-14-9-7-13(8-10-14)12(2)15/h3-38,59-60,64-65H,1-2H3;7-10,16-19H,3-6,11-13H2,1-2H3;7-10H,3-6,11H2,1-2H3/t59-,60-;16-,17+,18-,19-;/m11./s1. The van der Waals surface area contributed by atoms with Gasteiger partial charge in [0, 0.05) is 12.7 Å². The van der Waals surface area contributed by atoms with Gasteiger partial charge in [0.1, 0.15) is 53.2 Å². The Bertz CT molecular complexity index is 5100. The summed E-state index contributed by atoms with van der Waals surface area (Å²) in [7, 11) is 1.63. The molecule has 17 rings (SSSR count). The Morgan fingerprint density at radius 1 is 0.394 bits per heavy atom. The van der Waals surface area contributed by atoms with E-state index in [0.29, 0.717) is 47.6 Å². The maximum absolute atomic E-state index is 15.1. The minimum atomic E-state index is -1.96. The molecule has 0 amide bonds. The van der Waals surface area contributed by atoms with Gasteiger partial charge in [-0.3, -0.25) is 4.79 Å². The molecule has 0 radical (unpaired) electrons. The van der Waals surface area contributed by atoms with Crippen molar-refractivity contribution in [1.29, 1.82) is 0 Å². The fourth-order valence-electron chi connectivity index (χ4n) is 16.6. The van der Waals surface area contributed by atoms with Gasteiger partial charge in [0.25, 0.3) is 0 Å². The molecule has 12 heteroatoms. The van der Waals surface area contributed by atoms with E-state index >= 15 is 10.2 Å². The van der Waals surface area contributed by atoms with Crippen LogP contribution in [0.1, 0.15) is 129 Å². The minimum Gasteiger partial charge on any atom is -0.494 e. The van der Waals surface area contributed by atoms with Crippen LogP contribution in [0.3, 0.4) is 0 Å². The van der Waals surface area contributed by atoms with Crippen molar-refractivity contribution in [2.24, 2.45) is 0 Å². The molecule has 0 bridgehead atoms. The van der Waals surface area contributed by atoms with Gasteiger partial charge in [-0.1, -0.05) is 246 Å². The van der Waals surface area contributed by atoms with Gasteiger partial charge in [-0.05, 0) is 215 Å². The lowest BCUT2D eigenvalue weighted by molar-refractivity contribution is -0.172. The summed E-state index contributed by atoms with van der Waals surface area (Å²) < 4.78 is 48.4. The molecule has 554 valence electrons. The van der Waals surface area contributed by atoms with Gasteiger partial charge in [-0.15, -0.1) is 0 Å². The molecule has 0 saturated carbocycles. The summed E-state index contributed by atoms with van der Waals surface area (Å²) in [6.45, 7) is 12.0. The van der Waals surface area contributed by atoms with Crippen molar-refractivity contribution in [3.63, 3.8) is 0 Å². The average Bonchev–Trinajstić information content (AvgIpc) is 1.66. The van der Waals surface area contributed by atoms with Crippen LogP contribution in [0.4, 0.5) is 0 Å². The molecule has 0 aliphatic carbocycles. The molecular weight excluding hydrogens is 1360 g/mol. The SMILES string of the molecule is CC1(C)O[C@@H](C(O)(c2cc3ccccc3c3ccccc23)c2cc3ccccc3c3ccccc23)[C@H](C(O)(c2cc3ccccc3c3ccccc23)c2cc3ccccc3c3ccccc23)O1.CCCCCCOc1ccc(C(=O)O[C@H]2CO[C@H]3[C@@H]2OC[C@H]3OC)cc1.CCCCCCOc1ccc(C(C)=O)cc1. The fourth-order valence-corrected chi connectivity index (χ4v) is 16.6. The van der Waals surface area contributed by atoms with Crippen molar-refractivity contribution < 1.29 is 57.7 Å². The Morgan fingerprint density at radius 2 is 0.697 bits per heavy atom. The quantitative estimate of drug-likeness (QED) is 0.0288. The van der Waals surface area contributed by atoms with Crippen molar-refractivity contribution in [1.82, 2.24) is 0 Å². The number of carbonyl (C=O) groups excluding carboxylic acids is 2. The van der Waals surface area contributed by atoms with Crippen LogP contribution in [-0.2, 0) is 39.6 Å². The van der Waals surface area contributed by atoms with E-state index in [0.717, 1.165) is 123 Å². The summed E-state index contributed by atoms with van der Waals surface area (Å²) in [5, 5.41) is 45.9. The molecule has 109 heavy (non-hydrogen) atoms. The van der Waals surface area contributed by atoms with Gasteiger partial charge >= 0.3 is 5.97 Å². The predicted octanol–water partition coefficient (Wildman–Crippen LogP) is 21.4. The number of methoxy groups -OCH3 is 1. The number of ether oxygens (including phenoxy) is 8. The second-order valence-corrected chi connectivity index (χ2v) is 29.5. The highest BCUT2D eigenvalue weighted by molar-refractivity contribution is 6.14. The summed E-state index contributed by atoms with van der Waals surface area (Å²) in [5.74, 6) is 0.0502. The summed E-state index contributed by atoms with van der Waals surface area (Å²) in [4.78, 5) is 23.4. The molecular formula is C97H94O12. The summed E-state index contributed by atoms with van der Waals surface area (Å²) in [6.07, 6.45) is 6.16. The molecule has 3 fully saturated rings. The first kappa shape index (κ1) is 74.1. The topological polar surface area (TPSA) is 148 Å². The van der Waals surface area contributed by atoms with Crippen molar-refractivity contribution in [3.05, 3.63) is 300 Å². The Hall–Kier alpha value is -10.4. The highest BCUT2D eigenvalue weighted by Gasteiger charge is 2.63. The number of fused-ring (bicyclic) bond motifs is 13. The number of ketones is 1. The summed E-state index contributed by atoms with van der Waals surface area (Å²) in [6, 6.07) is 89.6. The lowest BCUT2D eigenvalue weighted by Crippen LogP contribution is -2.55. The third-order valence-corrected chi connectivity index (χ3v) is 22.0. The molecule has 2 N–H and O–H groups in total. The molecule has 12 nitrogen and oxygen atoms in total. The molecule has 3 heterocycles. The van der Waals surface area contributed by atoms with Crippen molar-refractivity contribution >= 4 is 97.9 Å². The van der Waals surface area contributed by atoms with Crippen LogP contribution in [0.5, 0.6) is 11.5 Å². The van der Waals surface area contributed by atoms with Crippen LogP contribution in [-0.4, -0.2) is 97.9 Å². The zero-order valence-electron chi connectivity index (χ0n) is 62.8. The number of hydrogen-bond donors (Lipinski definition) is 2. The molecule has 3 saturated heterocycles. The second kappa shape index (κ2) is 32.4. The lowest BCUT2D eigenvalue weighted by Gasteiger charge is -2.44. The molecule has 0 aromatic heterocycles. The molecule has 6 atom stereocenters. The van der Waals surface area contributed by atoms with Gasteiger partial charge < -0.3 is 48.1 Å². The Balaban J connectivity index is 0.000000184. The summed E-state index contributed by atoms with van der Waals surface area (Å²) in [5.41, 5.74) is -0.0512. The van der Waals surface area contributed by atoms with Gasteiger partial charge in [-0.2, -0.15) is 0 Å². The van der Waals surface area contributed by atoms with Crippen LogP contribution in [0.15, 0.2) is 267 Å². The number of unbranched alkanes of at least 4 members (excludes halogenated alkanes) is 6. The van der Waals surface area contributed by atoms with E-state index < -0.39 is 35.3 Å². The maximum atomic E-state index is 15.1. The smallest absolute Gasteiger partial charge is 0.338 e. The van der Waals surface area contributed by atoms with Crippen molar-refractivity contribution in [3.8, 4) is 11.5 Å². The maximum Gasteiger partial charge on any atom is 0.338 e. The molecule has 3 aliphatic heterocycles. The van der Waals surface area contributed by atoms with E-state index in [4.69, 9.17) is 37.9 Å².